The normalized spacial score (nSPS) is 33.4. The van der Waals surface area contributed by atoms with Gasteiger partial charge >= 0.3 is 0 Å². The first-order chi connectivity index (χ1) is 8.66. The zero-order valence-corrected chi connectivity index (χ0v) is 11.7. The van der Waals surface area contributed by atoms with Crippen molar-refractivity contribution in [1.82, 2.24) is 4.90 Å². The first-order valence-corrected chi connectivity index (χ1v) is 7.72. The summed E-state index contributed by atoms with van der Waals surface area (Å²) in [5.74, 6) is 1.07. The first kappa shape index (κ1) is 13.9. The third-order valence-electron chi connectivity index (χ3n) is 4.71. The van der Waals surface area contributed by atoms with Crippen molar-refractivity contribution in [2.24, 2.45) is 11.7 Å². The summed E-state index contributed by atoms with van der Waals surface area (Å²) < 4.78 is 0. The van der Waals surface area contributed by atoms with Crippen molar-refractivity contribution in [2.45, 2.75) is 76.8 Å². The molecule has 104 valence electrons. The summed E-state index contributed by atoms with van der Waals surface area (Å²) in [6.45, 7) is 3.16. The van der Waals surface area contributed by atoms with Crippen molar-refractivity contribution in [3.63, 3.8) is 0 Å². The zero-order chi connectivity index (χ0) is 13.0. The van der Waals surface area contributed by atoms with E-state index in [1.54, 1.807) is 0 Å². The van der Waals surface area contributed by atoms with E-state index >= 15 is 0 Å². The number of amides is 1. The lowest BCUT2D eigenvalue weighted by Crippen LogP contribution is -2.42. The molecule has 0 aromatic rings. The maximum atomic E-state index is 12.2. The van der Waals surface area contributed by atoms with E-state index in [4.69, 9.17) is 5.73 Å². The molecule has 18 heavy (non-hydrogen) atoms. The fraction of sp³-hybridized carbons (Fsp3) is 0.933. The molecule has 0 bridgehead atoms. The lowest BCUT2D eigenvalue weighted by molar-refractivity contribution is -0.134. The number of likely N-dealkylation sites (tertiary alicyclic amines) is 1. The highest BCUT2D eigenvalue weighted by Gasteiger charge is 2.25. The quantitative estimate of drug-likeness (QED) is 0.839. The SMILES string of the molecule is CC1CCCCN1C(=O)CCC1CCCC(N)C1. The summed E-state index contributed by atoms with van der Waals surface area (Å²) in [5.41, 5.74) is 6.00. The molecule has 3 unspecified atom stereocenters. The van der Waals surface area contributed by atoms with Crippen LogP contribution in [0.1, 0.15) is 64.7 Å². The van der Waals surface area contributed by atoms with Crippen LogP contribution in [0.25, 0.3) is 0 Å². The monoisotopic (exact) mass is 252 g/mol. The number of carbonyl (C=O) groups is 1. The van der Waals surface area contributed by atoms with Gasteiger partial charge in [-0.3, -0.25) is 4.79 Å². The van der Waals surface area contributed by atoms with Gasteiger partial charge in [0.2, 0.25) is 5.91 Å². The fourth-order valence-corrected chi connectivity index (χ4v) is 3.53. The van der Waals surface area contributed by atoms with E-state index in [0.717, 1.165) is 25.8 Å². The molecule has 0 spiro atoms. The minimum atomic E-state index is 0.376. The van der Waals surface area contributed by atoms with Crippen LogP contribution in [0, 0.1) is 5.92 Å². The minimum Gasteiger partial charge on any atom is -0.340 e. The van der Waals surface area contributed by atoms with Gasteiger partial charge in [0, 0.05) is 25.0 Å². The molecule has 0 radical (unpaired) electrons. The summed E-state index contributed by atoms with van der Waals surface area (Å²) in [6, 6.07) is 0.840. The Hall–Kier alpha value is -0.570. The van der Waals surface area contributed by atoms with Gasteiger partial charge in [0.05, 0.1) is 0 Å². The lowest BCUT2D eigenvalue weighted by atomic mass is 9.83. The van der Waals surface area contributed by atoms with Crippen molar-refractivity contribution in [1.29, 1.82) is 0 Å². The number of nitrogens with two attached hydrogens (primary N) is 1. The predicted molar refractivity (Wildman–Crippen MR) is 74.2 cm³/mol. The molecule has 1 amide bonds. The average molecular weight is 252 g/mol. The molecule has 1 saturated carbocycles. The van der Waals surface area contributed by atoms with E-state index in [9.17, 15) is 4.79 Å². The highest BCUT2D eigenvalue weighted by atomic mass is 16.2. The molecular weight excluding hydrogens is 224 g/mol. The second kappa shape index (κ2) is 6.55. The minimum absolute atomic E-state index is 0.376. The van der Waals surface area contributed by atoms with Gasteiger partial charge in [-0.1, -0.05) is 12.8 Å². The van der Waals surface area contributed by atoms with Gasteiger partial charge in [-0.2, -0.15) is 0 Å². The average Bonchev–Trinajstić information content (AvgIpc) is 2.37. The van der Waals surface area contributed by atoms with Crippen LogP contribution in [-0.2, 0) is 4.79 Å². The largest absolute Gasteiger partial charge is 0.340 e. The van der Waals surface area contributed by atoms with Crippen molar-refractivity contribution >= 4 is 5.91 Å². The molecule has 2 aliphatic rings. The first-order valence-electron chi connectivity index (χ1n) is 7.72. The summed E-state index contributed by atoms with van der Waals surface area (Å²) in [6.07, 6.45) is 10.3. The Labute approximate surface area is 111 Å². The number of piperidine rings is 1. The van der Waals surface area contributed by atoms with E-state index in [0.29, 0.717) is 23.9 Å². The van der Waals surface area contributed by atoms with Crippen molar-refractivity contribution in [3.05, 3.63) is 0 Å². The van der Waals surface area contributed by atoms with Gasteiger partial charge in [0.15, 0.2) is 0 Å². The summed E-state index contributed by atoms with van der Waals surface area (Å²) in [7, 11) is 0. The standard InChI is InChI=1S/C15H28N2O/c1-12-5-2-3-10-17(12)15(18)9-8-13-6-4-7-14(16)11-13/h12-14H,2-11,16H2,1H3. The molecule has 3 nitrogen and oxygen atoms in total. The third kappa shape index (κ3) is 3.71. The Balaban J connectivity index is 1.73. The molecule has 3 atom stereocenters. The second-order valence-electron chi connectivity index (χ2n) is 6.26. The predicted octanol–water partition coefficient (Wildman–Crippen LogP) is 2.69. The Bertz CT molecular complexity index is 280. The summed E-state index contributed by atoms with van der Waals surface area (Å²) in [5, 5.41) is 0. The van der Waals surface area contributed by atoms with E-state index in [1.807, 2.05) is 0 Å². The van der Waals surface area contributed by atoms with Crippen molar-refractivity contribution < 1.29 is 4.79 Å². The van der Waals surface area contributed by atoms with Gasteiger partial charge < -0.3 is 10.6 Å². The fourth-order valence-electron chi connectivity index (χ4n) is 3.53. The van der Waals surface area contributed by atoms with Crippen LogP contribution in [0.3, 0.4) is 0 Å². The van der Waals surface area contributed by atoms with Crippen LogP contribution in [0.4, 0.5) is 0 Å². The Morgan fingerprint density at radius 2 is 2.06 bits per heavy atom. The zero-order valence-electron chi connectivity index (χ0n) is 11.7. The van der Waals surface area contributed by atoms with E-state index in [2.05, 4.69) is 11.8 Å². The molecule has 3 heteroatoms. The number of hydrogen-bond donors (Lipinski definition) is 1. The molecule has 1 saturated heterocycles. The molecule has 0 aromatic carbocycles. The number of carbonyl (C=O) groups excluding carboxylic acids is 1. The molecule has 2 N–H and O–H groups in total. The molecule has 0 aromatic heterocycles. The molecule has 1 aliphatic carbocycles. The topological polar surface area (TPSA) is 46.3 Å². The van der Waals surface area contributed by atoms with Crippen molar-refractivity contribution in [3.8, 4) is 0 Å². The Kier molecular flexibility index (Phi) is 5.04. The lowest BCUT2D eigenvalue weighted by Gasteiger charge is -2.34. The molecule has 1 aliphatic heterocycles. The van der Waals surface area contributed by atoms with E-state index in [1.165, 1.54) is 38.5 Å². The Morgan fingerprint density at radius 1 is 1.22 bits per heavy atom. The van der Waals surface area contributed by atoms with Gasteiger partial charge in [0.1, 0.15) is 0 Å². The van der Waals surface area contributed by atoms with E-state index in [-0.39, 0.29) is 0 Å². The maximum Gasteiger partial charge on any atom is 0.222 e. The van der Waals surface area contributed by atoms with Gasteiger partial charge in [0.25, 0.3) is 0 Å². The Morgan fingerprint density at radius 3 is 2.78 bits per heavy atom. The van der Waals surface area contributed by atoms with Crippen LogP contribution < -0.4 is 5.73 Å². The molecule has 2 fully saturated rings. The van der Waals surface area contributed by atoms with Gasteiger partial charge in [-0.05, 0) is 51.4 Å². The second-order valence-corrected chi connectivity index (χ2v) is 6.26. The van der Waals surface area contributed by atoms with Crippen LogP contribution in [0.5, 0.6) is 0 Å². The number of rotatable bonds is 3. The van der Waals surface area contributed by atoms with Gasteiger partial charge in [-0.15, -0.1) is 0 Å². The summed E-state index contributed by atoms with van der Waals surface area (Å²) >= 11 is 0. The van der Waals surface area contributed by atoms with Crippen LogP contribution in [0.15, 0.2) is 0 Å². The summed E-state index contributed by atoms with van der Waals surface area (Å²) in [4.78, 5) is 14.3. The van der Waals surface area contributed by atoms with Crippen molar-refractivity contribution in [2.75, 3.05) is 6.54 Å². The number of nitrogens with zero attached hydrogens (tertiary/aromatic N) is 1. The maximum absolute atomic E-state index is 12.2. The highest BCUT2D eigenvalue weighted by Crippen LogP contribution is 2.27. The molecule has 2 rings (SSSR count). The smallest absolute Gasteiger partial charge is 0.222 e. The van der Waals surface area contributed by atoms with Crippen LogP contribution >= 0.6 is 0 Å². The van der Waals surface area contributed by atoms with E-state index < -0.39 is 0 Å². The highest BCUT2D eigenvalue weighted by molar-refractivity contribution is 5.76. The van der Waals surface area contributed by atoms with Gasteiger partial charge in [-0.25, -0.2) is 0 Å². The third-order valence-corrected chi connectivity index (χ3v) is 4.71. The van der Waals surface area contributed by atoms with Crippen LogP contribution in [0.2, 0.25) is 0 Å². The molecular formula is C15H28N2O. The van der Waals surface area contributed by atoms with Crippen LogP contribution in [-0.4, -0.2) is 29.4 Å². The number of hydrogen-bond acceptors (Lipinski definition) is 2. The molecule has 1 heterocycles.